The van der Waals surface area contributed by atoms with Crippen molar-refractivity contribution in [2.75, 3.05) is 6.61 Å². The summed E-state index contributed by atoms with van der Waals surface area (Å²) in [5, 5.41) is 5.29. The minimum Gasteiger partial charge on any atom is -0.490 e. The summed E-state index contributed by atoms with van der Waals surface area (Å²) in [6.07, 6.45) is 1.39. The molecule has 0 atom stereocenters. The van der Waals surface area contributed by atoms with Crippen molar-refractivity contribution in [2.45, 2.75) is 13.8 Å². The van der Waals surface area contributed by atoms with Crippen LogP contribution in [0, 0.1) is 5.92 Å². The van der Waals surface area contributed by atoms with Crippen molar-refractivity contribution in [1.29, 1.82) is 0 Å². The molecule has 0 aromatic heterocycles. The molecule has 1 aromatic carbocycles. The van der Waals surface area contributed by atoms with Crippen LogP contribution in [0.25, 0.3) is 6.08 Å². The normalized spacial score (nSPS) is 14.7. The van der Waals surface area contributed by atoms with Gasteiger partial charge < -0.3 is 4.74 Å². The van der Waals surface area contributed by atoms with Crippen LogP contribution in [0.15, 0.2) is 17.7 Å². The first-order valence-corrected chi connectivity index (χ1v) is 7.94. The number of thiocarbonyl (C=S) groups is 1. The van der Waals surface area contributed by atoms with Crippen molar-refractivity contribution in [1.82, 2.24) is 10.6 Å². The van der Waals surface area contributed by atoms with Crippen LogP contribution in [0.3, 0.4) is 0 Å². The zero-order chi connectivity index (χ0) is 17.1. The average molecular weight is 373 g/mol. The van der Waals surface area contributed by atoms with Crippen LogP contribution in [0.2, 0.25) is 10.0 Å². The standard InChI is InChI=1S/C15H14Cl2N2O3S/c1-7(2)6-22-12-10(16)4-8(5-11(12)17)3-9-13(20)18-15(23)19-14(9)21/h3-5,7H,6H2,1-2H3,(H2,18,19,20,21,23). The minimum atomic E-state index is -0.578. The van der Waals surface area contributed by atoms with E-state index in [4.69, 9.17) is 40.2 Å². The maximum absolute atomic E-state index is 11.8. The lowest BCUT2D eigenvalue weighted by Gasteiger charge is -2.17. The van der Waals surface area contributed by atoms with Crippen LogP contribution in [0.4, 0.5) is 0 Å². The fourth-order valence-electron chi connectivity index (χ4n) is 1.82. The summed E-state index contributed by atoms with van der Waals surface area (Å²) in [5.41, 5.74) is 0.423. The van der Waals surface area contributed by atoms with E-state index < -0.39 is 11.8 Å². The fraction of sp³-hybridized carbons (Fsp3) is 0.267. The van der Waals surface area contributed by atoms with E-state index in [1.807, 2.05) is 13.8 Å². The summed E-state index contributed by atoms with van der Waals surface area (Å²) in [6, 6.07) is 3.15. The molecule has 1 aliphatic heterocycles. The zero-order valence-electron chi connectivity index (χ0n) is 12.4. The van der Waals surface area contributed by atoms with Gasteiger partial charge in [-0.25, -0.2) is 0 Å². The number of halogens is 2. The Kier molecular flexibility index (Phi) is 5.62. The van der Waals surface area contributed by atoms with Gasteiger partial charge in [-0.3, -0.25) is 20.2 Å². The Morgan fingerprint density at radius 3 is 2.17 bits per heavy atom. The molecule has 1 aromatic rings. The lowest BCUT2D eigenvalue weighted by molar-refractivity contribution is -0.123. The molecule has 0 saturated carbocycles. The highest BCUT2D eigenvalue weighted by Crippen LogP contribution is 2.35. The van der Waals surface area contributed by atoms with E-state index in [0.29, 0.717) is 33.9 Å². The molecule has 2 amide bonds. The molecular weight excluding hydrogens is 359 g/mol. The van der Waals surface area contributed by atoms with Gasteiger partial charge in [0.1, 0.15) is 5.57 Å². The molecule has 0 aliphatic carbocycles. The number of nitrogens with one attached hydrogen (secondary N) is 2. The summed E-state index contributed by atoms with van der Waals surface area (Å²) in [7, 11) is 0. The first kappa shape index (κ1) is 17.7. The van der Waals surface area contributed by atoms with Gasteiger partial charge in [0.25, 0.3) is 11.8 Å². The number of hydrogen-bond donors (Lipinski definition) is 2. The van der Waals surface area contributed by atoms with E-state index >= 15 is 0 Å². The molecule has 1 aliphatic rings. The SMILES string of the molecule is CC(C)COc1c(Cl)cc(C=C2C(=O)NC(=S)NC2=O)cc1Cl. The topological polar surface area (TPSA) is 67.4 Å². The quantitative estimate of drug-likeness (QED) is 0.484. The van der Waals surface area contributed by atoms with Gasteiger partial charge in [-0.05, 0) is 41.9 Å². The number of amides is 2. The molecular formula is C15H14Cl2N2O3S. The van der Waals surface area contributed by atoms with Gasteiger partial charge in [0.15, 0.2) is 10.9 Å². The highest BCUT2D eigenvalue weighted by molar-refractivity contribution is 7.80. The minimum absolute atomic E-state index is 0.0225. The van der Waals surface area contributed by atoms with Crippen LogP contribution >= 0.6 is 35.4 Å². The second kappa shape index (κ2) is 7.29. The molecule has 122 valence electrons. The zero-order valence-corrected chi connectivity index (χ0v) is 14.7. The van der Waals surface area contributed by atoms with Crippen molar-refractivity contribution in [3.05, 3.63) is 33.3 Å². The molecule has 0 unspecified atom stereocenters. The average Bonchev–Trinajstić information content (AvgIpc) is 2.41. The number of carbonyl (C=O) groups excluding carboxylic acids is 2. The lowest BCUT2D eigenvalue weighted by atomic mass is 10.1. The Labute approximate surface area is 149 Å². The number of rotatable bonds is 4. The molecule has 1 saturated heterocycles. The molecule has 0 radical (unpaired) electrons. The van der Waals surface area contributed by atoms with Gasteiger partial charge in [0.05, 0.1) is 16.7 Å². The first-order valence-electron chi connectivity index (χ1n) is 6.78. The van der Waals surface area contributed by atoms with Gasteiger partial charge in [-0.1, -0.05) is 37.0 Å². The Bertz CT molecular complexity index is 672. The van der Waals surface area contributed by atoms with Crippen molar-refractivity contribution < 1.29 is 14.3 Å². The van der Waals surface area contributed by atoms with Gasteiger partial charge in [-0.15, -0.1) is 0 Å². The number of hydrogen-bond acceptors (Lipinski definition) is 4. The van der Waals surface area contributed by atoms with Crippen molar-refractivity contribution in [2.24, 2.45) is 5.92 Å². The van der Waals surface area contributed by atoms with Crippen LogP contribution in [0.1, 0.15) is 19.4 Å². The summed E-state index contributed by atoms with van der Waals surface area (Å²) in [4.78, 5) is 23.6. The van der Waals surface area contributed by atoms with E-state index in [-0.39, 0.29) is 10.7 Å². The molecule has 1 fully saturated rings. The largest absolute Gasteiger partial charge is 0.490 e. The molecule has 0 bridgehead atoms. The maximum atomic E-state index is 11.8. The van der Waals surface area contributed by atoms with Crippen molar-refractivity contribution in [3.8, 4) is 5.75 Å². The molecule has 8 heteroatoms. The molecule has 2 N–H and O–H groups in total. The highest BCUT2D eigenvalue weighted by Gasteiger charge is 2.25. The molecule has 23 heavy (non-hydrogen) atoms. The summed E-state index contributed by atoms with van der Waals surface area (Å²) in [5.74, 6) is -0.456. The van der Waals surface area contributed by atoms with Gasteiger partial charge >= 0.3 is 0 Å². The Morgan fingerprint density at radius 2 is 1.70 bits per heavy atom. The molecule has 5 nitrogen and oxygen atoms in total. The fourth-order valence-corrected chi connectivity index (χ4v) is 2.62. The van der Waals surface area contributed by atoms with Crippen molar-refractivity contribution in [3.63, 3.8) is 0 Å². The molecule has 1 heterocycles. The third-order valence-corrected chi connectivity index (χ3v) is 3.60. The second-order valence-corrected chi connectivity index (χ2v) is 6.54. The second-order valence-electron chi connectivity index (χ2n) is 5.31. The molecule has 2 rings (SSSR count). The van der Waals surface area contributed by atoms with Gasteiger partial charge in [-0.2, -0.15) is 0 Å². The Morgan fingerprint density at radius 1 is 1.17 bits per heavy atom. The predicted octanol–water partition coefficient (Wildman–Crippen LogP) is 2.94. The summed E-state index contributed by atoms with van der Waals surface area (Å²) in [6.45, 7) is 4.48. The van der Waals surface area contributed by atoms with Crippen molar-refractivity contribution >= 4 is 58.4 Å². The van der Waals surface area contributed by atoms with E-state index in [9.17, 15) is 9.59 Å². The predicted molar refractivity (Wildman–Crippen MR) is 93.7 cm³/mol. The first-order chi connectivity index (χ1) is 10.8. The van der Waals surface area contributed by atoms with E-state index in [1.165, 1.54) is 6.08 Å². The maximum Gasteiger partial charge on any atom is 0.263 e. The van der Waals surface area contributed by atoms with E-state index in [0.717, 1.165) is 0 Å². The Balaban J connectivity index is 2.31. The van der Waals surface area contributed by atoms with Crippen LogP contribution in [-0.2, 0) is 9.59 Å². The van der Waals surface area contributed by atoms with Crippen LogP contribution in [-0.4, -0.2) is 23.5 Å². The van der Waals surface area contributed by atoms with Gasteiger partial charge in [0.2, 0.25) is 0 Å². The van der Waals surface area contributed by atoms with E-state index in [1.54, 1.807) is 12.1 Å². The van der Waals surface area contributed by atoms with Crippen LogP contribution in [0.5, 0.6) is 5.75 Å². The smallest absolute Gasteiger partial charge is 0.263 e. The molecule has 0 spiro atoms. The van der Waals surface area contributed by atoms with Gasteiger partial charge in [0, 0.05) is 0 Å². The van der Waals surface area contributed by atoms with E-state index in [2.05, 4.69) is 10.6 Å². The Hall–Kier alpha value is -1.63. The lowest BCUT2D eigenvalue weighted by Crippen LogP contribution is -2.51. The number of benzene rings is 1. The monoisotopic (exact) mass is 372 g/mol. The summed E-state index contributed by atoms with van der Waals surface area (Å²) >= 11 is 17.1. The third-order valence-electron chi connectivity index (χ3n) is 2.84. The summed E-state index contributed by atoms with van der Waals surface area (Å²) < 4.78 is 5.57. The number of carbonyl (C=O) groups is 2. The van der Waals surface area contributed by atoms with Crippen LogP contribution < -0.4 is 15.4 Å². The third kappa shape index (κ3) is 4.43. The highest BCUT2D eigenvalue weighted by atomic mass is 35.5. The number of ether oxygens (including phenoxy) is 1.